The molecule has 0 unspecified atom stereocenters. The van der Waals surface area contributed by atoms with E-state index in [0.29, 0.717) is 0 Å². The number of hydrogen-bond donors (Lipinski definition) is 0. The van der Waals surface area contributed by atoms with Crippen molar-refractivity contribution < 1.29 is 26.0 Å². The van der Waals surface area contributed by atoms with Crippen LogP contribution in [0.1, 0.15) is 12.8 Å². The van der Waals surface area contributed by atoms with E-state index in [4.69, 9.17) is 0 Å². The van der Waals surface area contributed by atoms with Crippen LogP contribution in [0, 0.1) is 13.4 Å². The molecule has 0 saturated carbocycles. The van der Waals surface area contributed by atoms with Crippen molar-refractivity contribution in [2.45, 2.75) is 12.8 Å². The highest BCUT2D eigenvalue weighted by Crippen LogP contribution is 2.06. The Morgan fingerprint density at radius 1 is 1.19 bits per heavy atom. The van der Waals surface area contributed by atoms with Crippen LogP contribution in [-0.4, -0.2) is 23.9 Å². The van der Waals surface area contributed by atoms with Crippen LogP contribution in [0.4, 0.5) is 0 Å². The Hall–Kier alpha value is -1.02. The SMILES string of the molecule is O=C(C#C[I+]c1ccccc1)N1CCCC1. The Morgan fingerprint density at radius 2 is 1.88 bits per heavy atom. The summed E-state index contributed by atoms with van der Waals surface area (Å²) in [5, 5.41) is 0. The summed E-state index contributed by atoms with van der Waals surface area (Å²) in [6.07, 6.45) is 2.25. The highest BCUT2D eigenvalue weighted by molar-refractivity contribution is 5.93. The fraction of sp³-hybridized carbons (Fsp3) is 0.308. The van der Waals surface area contributed by atoms with Crippen LogP contribution in [0.25, 0.3) is 0 Å². The maximum atomic E-state index is 11.6. The van der Waals surface area contributed by atoms with Gasteiger partial charge in [0.25, 0.3) is 0 Å². The summed E-state index contributed by atoms with van der Waals surface area (Å²) < 4.78 is 4.31. The number of amides is 1. The average molecular weight is 326 g/mol. The summed E-state index contributed by atoms with van der Waals surface area (Å²) in [6.45, 7) is 1.77. The number of hydrogen-bond acceptors (Lipinski definition) is 1. The van der Waals surface area contributed by atoms with E-state index in [-0.39, 0.29) is 27.1 Å². The van der Waals surface area contributed by atoms with Crippen molar-refractivity contribution >= 4 is 5.91 Å². The topological polar surface area (TPSA) is 20.3 Å². The number of likely N-dealkylation sites (tertiary alicyclic amines) is 1. The largest absolute Gasteiger partial charge is 0.420 e. The van der Waals surface area contributed by atoms with Gasteiger partial charge in [-0.05, 0) is 25.0 Å². The highest BCUT2D eigenvalue weighted by atomic mass is 127. The van der Waals surface area contributed by atoms with Gasteiger partial charge >= 0.3 is 27.1 Å². The lowest BCUT2D eigenvalue weighted by Crippen LogP contribution is -3.59. The fourth-order valence-corrected chi connectivity index (χ4v) is 3.05. The van der Waals surface area contributed by atoms with Gasteiger partial charge in [0.05, 0.1) is 5.92 Å². The predicted octanol–water partition coefficient (Wildman–Crippen LogP) is -1.47. The molecule has 1 amide bonds. The number of benzene rings is 1. The van der Waals surface area contributed by atoms with Crippen molar-refractivity contribution in [1.29, 1.82) is 0 Å². The Morgan fingerprint density at radius 3 is 2.56 bits per heavy atom. The van der Waals surface area contributed by atoms with E-state index in [0.717, 1.165) is 25.9 Å². The summed E-state index contributed by atoms with van der Waals surface area (Å²) in [4.78, 5) is 13.5. The highest BCUT2D eigenvalue weighted by Gasteiger charge is 2.16. The maximum absolute atomic E-state index is 11.6. The van der Waals surface area contributed by atoms with E-state index in [2.05, 4.69) is 22.0 Å². The first kappa shape index (κ1) is 11.5. The van der Waals surface area contributed by atoms with Crippen LogP contribution in [0.3, 0.4) is 0 Å². The number of carbonyl (C=O) groups excluding carboxylic acids is 1. The smallest absolute Gasteiger partial charge is 0.332 e. The fourth-order valence-electron chi connectivity index (χ4n) is 1.60. The summed E-state index contributed by atoms with van der Waals surface area (Å²) in [6, 6.07) is 10.2. The monoisotopic (exact) mass is 326 g/mol. The molecule has 2 nitrogen and oxygen atoms in total. The van der Waals surface area contributed by atoms with Gasteiger partial charge in [-0.15, -0.1) is 0 Å². The number of carbonyl (C=O) groups is 1. The molecule has 0 bridgehead atoms. The van der Waals surface area contributed by atoms with Crippen molar-refractivity contribution in [3.05, 3.63) is 33.9 Å². The van der Waals surface area contributed by atoms with Crippen molar-refractivity contribution in [1.82, 2.24) is 4.90 Å². The molecule has 0 radical (unpaired) electrons. The van der Waals surface area contributed by atoms with Crippen LogP contribution in [0.2, 0.25) is 0 Å². The molecular weight excluding hydrogens is 313 g/mol. The first-order chi connectivity index (χ1) is 7.86. The van der Waals surface area contributed by atoms with E-state index < -0.39 is 0 Å². The maximum Gasteiger partial charge on any atom is 0.420 e. The van der Waals surface area contributed by atoms with E-state index in [1.165, 1.54) is 3.57 Å². The van der Waals surface area contributed by atoms with E-state index in [9.17, 15) is 4.79 Å². The zero-order valence-corrected chi connectivity index (χ0v) is 11.1. The predicted molar refractivity (Wildman–Crippen MR) is 58.7 cm³/mol. The van der Waals surface area contributed by atoms with Gasteiger partial charge in [-0.2, -0.15) is 0 Å². The molecule has 2 rings (SSSR count). The molecular formula is C13H13INO+. The normalized spacial score (nSPS) is 14.4. The molecule has 0 aromatic heterocycles. The third-order valence-electron chi connectivity index (χ3n) is 2.44. The molecule has 1 fully saturated rings. The summed E-state index contributed by atoms with van der Waals surface area (Å²) in [5.41, 5.74) is 0. The van der Waals surface area contributed by atoms with Crippen LogP contribution in [0.5, 0.6) is 0 Å². The number of rotatable bonds is 1. The minimum Gasteiger partial charge on any atom is -0.332 e. The first-order valence-electron chi connectivity index (χ1n) is 5.35. The molecule has 1 aliphatic heterocycles. The lowest BCUT2D eigenvalue weighted by Gasteiger charge is -2.08. The Balaban J connectivity index is 1.88. The average Bonchev–Trinajstić information content (AvgIpc) is 2.84. The third kappa shape index (κ3) is 3.24. The van der Waals surface area contributed by atoms with Crippen LogP contribution in [-0.2, 0) is 4.79 Å². The summed E-state index contributed by atoms with van der Waals surface area (Å²) >= 11 is -0.331. The van der Waals surface area contributed by atoms with E-state index >= 15 is 0 Å². The standard InChI is InChI=1S/C13H13INO/c16-13(15-10-4-5-11-15)8-9-14-12-6-2-1-3-7-12/h1-3,6-7H,4-5,10-11H2/q+1. The van der Waals surface area contributed by atoms with Gasteiger partial charge in [0, 0.05) is 13.1 Å². The van der Waals surface area contributed by atoms with Crippen molar-refractivity contribution in [3.63, 3.8) is 0 Å². The Bertz CT molecular complexity index is 413. The molecule has 1 aliphatic rings. The van der Waals surface area contributed by atoms with Crippen LogP contribution < -0.4 is 21.2 Å². The molecule has 16 heavy (non-hydrogen) atoms. The quantitative estimate of drug-likeness (QED) is 0.456. The lowest BCUT2D eigenvalue weighted by atomic mass is 10.4. The third-order valence-corrected chi connectivity index (χ3v) is 4.32. The second kappa shape index (κ2) is 5.90. The van der Waals surface area contributed by atoms with Gasteiger partial charge < -0.3 is 4.90 Å². The zero-order valence-electron chi connectivity index (χ0n) is 8.95. The molecule has 0 aliphatic carbocycles. The van der Waals surface area contributed by atoms with Crippen LogP contribution >= 0.6 is 0 Å². The van der Waals surface area contributed by atoms with Crippen molar-refractivity contribution in [2.75, 3.05) is 13.1 Å². The molecule has 1 saturated heterocycles. The molecule has 3 heteroatoms. The van der Waals surface area contributed by atoms with Gasteiger partial charge in [0.2, 0.25) is 3.57 Å². The van der Waals surface area contributed by atoms with Gasteiger partial charge in [0.15, 0.2) is 3.93 Å². The van der Waals surface area contributed by atoms with Gasteiger partial charge in [-0.1, -0.05) is 18.2 Å². The van der Waals surface area contributed by atoms with Crippen LogP contribution in [0.15, 0.2) is 30.3 Å². The first-order valence-corrected chi connectivity index (χ1v) is 7.51. The van der Waals surface area contributed by atoms with E-state index in [1.54, 1.807) is 0 Å². The lowest BCUT2D eigenvalue weighted by molar-refractivity contribution is -0.535. The van der Waals surface area contributed by atoms with Gasteiger partial charge in [-0.25, -0.2) is 0 Å². The molecule has 1 aromatic rings. The van der Waals surface area contributed by atoms with E-state index in [1.807, 2.05) is 23.1 Å². The van der Waals surface area contributed by atoms with Gasteiger partial charge in [0.1, 0.15) is 0 Å². The van der Waals surface area contributed by atoms with Gasteiger partial charge in [-0.3, -0.25) is 4.79 Å². The van der Waals surface area contributed by atoms with Crippen molar-refractivity contribution in [3.8, 4) is 9.85 Å². The molecule has 0 spiro atoms. The Labute approximate surface area is 106 Å². The number of nitrogens with zero attached hydrogens (tertiary/aromatic N) is 1. The molecule has 0 atom stereocenters. The molecule has 0 N–H and O–H groups in total. The molecule has 1 heterocycles. The minimum atomic E-state index is -0.331. The second-order valence-corrected chi connectivity index (χ2v) is 5.93. The second-order valence-electron chi connectivity index (χ2n) is 3.61. The summed E-state index contributed by atoms with van der Waals surface area (Å²) in [7, 11) is 0. The number of halogens is 1. The molecule has 1 aromatic carbocycles. The zero-order chi connectivity index (χ0) is 11.2. The summed E-state index contributed by atoms with van der Waals surface area (Å²) in [5.74, 6) is 2.77. The Kier molecular flexibility index (Phi) is 4.23. The van der Waals surface area contributed by atoms with Crippen molar-refractivity contribution in [2.24, 2.45) is 0 Å². The minimum absolute atomic E-state index is 0.00753. The molecule has 82 valence electrons.